The number of carbonyl (C=O) groups excluding carboxylic acids is 1. The number of carbonyl (C=O) groups is 1. The number of rotatable bonds is 4. The monoisotopic (exact) mass is 342 g/mol. The van der Waals surface area contributed by atoms with E-state index in [0.29, 0.717) is 17.9 Å². The van der Waals surface area contributed by atoms with Crippen LogP contribution in [-0.4, -0.2) is 43.7 Å². The predicted molar refractivity (Wildman–Crippen MR) is 95.3 cm³/mol. The number of thioether (sulfide) groups is 1. The summed E-state index contributed by atoms with van der Waals surface area (Å²) in [6.45, 7) is 3.08. The van der Waals surface area contributed by atoms with Gasteiger partial charge >= 0.3 is 0 Å². The number of nitrogens with zero attached hydrogens (tertiary/aromatic N) is 4. The maximum atomic E-state index is 13.0. The number of aromatic nitrogens is 3. The van der Waals surface area contributed by atoms with Crippen LogP contribution in [0.4, 0.5) is 0 Å². The van der Waals surface area contributed by atoms with E-state index >= 15 is 0 Å². The van der Waals surface area contributed by atoms with Crippen LogP contribution >= 0.6 is 11.8 Å². The molecule has 1 aliphatic heterocycles. The Labute approximate surface area is 145 Å². The van der Waals surface area contributed by atoms with Crippen LogP contribution in [0.25, 0.3) is 11.0 Å². The van der Waals surface area contributed by atoms with Crippen molar-refractivity contribution in [1.29, 1.82) is 0 Å². The second kappa shape index (κ2) is 5.48. The van der Waals surface area contributed by atoms with Crippen molar-refractivity contribution in [3.8, 4) is 0 Å². The Hall–Kier alpha value is -1.56. The molecule has 2 aliphatic carbocycles. The van der Waals surface area contributed by atoms with Crippen molar-refractivity contribution >= 4 is 28.7 Å². The van der Waals surface area contributed by atoms with Crippen molar-refractivity contribution in [1.82, 2.24) is 19.7 Å². The van der Waals surface area contributed by atoms with Gasteiger partial charge in [0.25, 0.3) is 5.91 Å². The van der Waals surface area contributed by atoms with Crippen LogP contribution in [0.3, 0.4) is 0 Å². The second-order valence-electron chi connectivity index (χ2n) is 7.38. The lowest BCUT2D eigenvalue weighted by Crippen LogP contribution is -2.28. The molecule has 6 heteroatoms. The first-order chi connectivity index (χ1) is 11.7. The molecular weight excluding hydrogens is 320 g/mol. The third kappa shape index (κ3) is 2.42. The Morgan fingerprint density at radius 3 is 2.83 bits per heavy atom. The van der Waals surface area contributed by atoms with Gasteiger partial charge in [0.1, 0.15) is 0 Å². The van der Waals surface area contributed by atoms with E-state index in [-0.39, 0.29) is 5.91 Å². The maximum Gasteiger partial charge on any atom is 0.255 e. The van der Waals surface area contributed by atoms with Crippen molar-refractivity contribution < 1.29 is 4.79 Å². The third-order valence-corrected chi connectivity index (χ3v) is 6.51. The van der Waals surface area contributed by atoms with Gasteiger partial charge in [0.05, 0.1) is 29.1 Å². The van der Waals surface area contributed by atoms with Crippen LogP contribution in [-0.2, 0) is 0 Å². The molecule has 0 spiro atoms. The van der Waals surface area contributed by atoms with Crippen molar-refractivity contribution in [2.45, 2.75) is 44.6 Å². The quantitative estimate of drug-likeness (QED) is 0.854. The Morgan fingerprint density at radius 2 is 2.17 bits per heavy atom. The summed E-state index contributed by atoms with van der Waals surface area (Å²) in [7, 11) is 0. The summed E-state index contributed by atoms with van der Waals surface area (Å²) in [6.07, 6.45) is 6.80. The number of amides is 1. The van der Waals surface area contributed by atoms with Crippen molar-refractivity contribution in [3.63, 3.8) is 0 Å². The average Bonchev–Trinajstić information content (AvgIpc) is 3.52. The van der Waals surface area contributed by atoms with E-state index in [4.69, 9.17) is 4.98 Å². The molecule has 126 valence electrons. The average molecular weight is 342 g/mol. The molecule has 3 fully saturated rings. The fraction of sp³-hybridized carbons (Fsp3) is 0.611. The van der Waals surface area contributed by atoms with Crippen LogP contribution in [0, 0.1) is 5.92 Å². The number of hydrogen-bond acceptors (Lipinski definition) is 4. The molecule has 2 aromatic heterocycles. The number of pyridine rings is 1. The van der Waals surface area contributed by atoms with Gasteiger partial charge in [0.2, 0.25) is 0 Å². The highest BCUT2D eigenvalue weighted by atomic mass is 32.2. The second-order valence-corrected chi connectivity index (χ2v) is 8.45. The molecule has 24 heavy (non-hydrogen) atoms. The van der Waals surface area contributed by atoms with E-state index < -0.39 is 0 Å². The van der Waals surface area contributed by atoms with Crippen LogP contribution < -0.4 is 0 Å². The highest BCUT2D eigenvalue weighted by molar-refractivity contribution is 7.99. The molecule has 1 saturated heterocycles. The summed E-state index contributed by atoms with van der Waals surface area (Å²) in [5, 5.41) is 5.55. The first-order valence-corrected chi connectivity index (χ1v) is 10.1. The summed E-state index contributed by atoms with van der Waals surface area (Å²) in [5.74, 6) is 3.23. The standard InChI is InChI=1S/C18H22N4OS/c1-11(12-2-3-12)22-17-15(9-19-22)14(8-16(20-17)13-4-5-13)18(23)21-6-7-24-10-21/h8-9,11-13H,2-7,10H2,1H3/t11-/m1/s1. The minimum atomic E-state index is 0.146. The summed E-state index contributed by atoms with van der Waals surface area (Å²) in [4.78, 5) is 19.9. The third-order valence-electron chi connectivity index (χ3n) is 5.54. The topological polar surface area (TPSA) is 51.0 Å². The SMILES string of the molecule is C[C@H](C1CC1)n1ncc2c(C(=O)N3CCSC3)cc(C3CC3)nc21. The molecule has 3 aliphatic rings. The molecule has 1 atom stereocenters. The van der Waals surface area contributed by atoms with Gasteiger partial charge in [0.15, 0.2) is 5.65 Å². The summed E-state index contributed by atoms with van der Waals surface area (Å²) in [5.41, 5.74) is 2.80. The molecule has 3 heterocycles. The Morgan fingerprint density at radius 1 is 1.33 bits per heavy atom. The van der Waals surface area contributed by atoms with Gasteiger partial charge in [0, 0.05) is 23.9 Å². The van der Waals surface area contributed by atoms with Gasteiger partial charge in [-0.3, -0.25) is 4.79 Å². The molecule has 0 aromatic carbocycles. The molecule has 5 rings (SSSR count). The zero-order valence-corrected chi connectivity index (χ0v) is 14.8. The first kappa shape index (κ1) is 14.8. The Bertz CT molecular complexity index is 803. The van der Waals surface area contributed by atoms with Crippen molar-refractivity contribution in [2.75, 3.05) is 18.2 Å². The lowest BCUT2D eigenvalue weighted by Gasteiger charge is -2.16. The lowest BCUT2D eigenvalue weighted by atomic mass is 10.1. The molecule has 2 saturated carbocycles. The van der Waals surface area contributed by atoms with E-state index in [2.05, 4.69) is 16.7 Å². The number of fused-ring (bicyclic) bond motifs is 1. The molecule has 0 bridgehead atoms. The molecule has 2 aromatic rings. The smallest absolute Gasteiger partial charge is 0.255 e. The molecule has 1 amide bonds. The molecule has 0 radical (unpaired) electrons. The Kier molecular flexibility index (Phi) is 3.37. The molecule has 5 nitrogen and oxygen atoms in total. The fourth-order valence-electron chi connectivity index (χ4n) is 3.62. The summed E-state index contributed by atoms with van der Waals surface area (Å²) < 4.78 is 2.06. The molecular formula is C18H22N4OS. The van der Waals surface area contributed by atoms with E-state index in [0.717, 1.165) is 40.5 Å². The van der Waals surface area contributed by atoms with Crippen molar-refractivity contribution in [3.05, 3.63) is 23.5 Å². The normalized spacial score (nSPS) is 22.3. The van der Waals surface area contributed by atoms with Gasteiger partial charge in [-0.1, -0.05) is 0 Å². The van der Waals surface area contributed by atoms with Crippen LogP contribution in [0.15, 0.2) is 12.3 Å². The van der Waals surface area contributed by atoms with E-state index in [9.17, 15) is 4.79 Å². The largest absolute Gasteiger partial charge is 0.329 e. The summed E-state index contributed by atoms with van der Waals surface area (Å²) in [6, 6.07) is 2.41. The minimum absolute atomic E-state index is 0.146. The highest BCUT2D eigenvalue weighted by Gasteiger charge is 2.33. The number of hydrogen-bond donors (Lipinski definition) is 0. The zero-order valence-electron chi connectivity index (χ0n) is 13.9. The van der Waals surface area contributed by atoms with Crippen LogP contribution in [0.2, 0.25) is 0 Å². The van der Waals surface area contributed by atoms with Gasteiger partial charge in [-0.2, -0.15) is 5.10 Å². The molecule has 0 N–H and O–H groups in total. The highest BCUT2D eigenvalue weighted by Crippen LogP contribution is 2.42. The van der Waals surface area contributed by atoms with Gasteiger partial charge < -0.3 is 4.90 Å². The minimum Gasteiger partial charge on any atom is -0.329 e. The van der Waals surface area contributed by atoms with Gasteiger partial charge in [-0.25, -0.2) is 9.67 Å². The zero-order chi connectivity index (χ0) is 16.3. The van der Waals surface area contributed by atoms with E-state index in [1.54, 1.807) is 0 Å². The summed E-state index contributed by atoms with van der Waals surface area (Å²) >= 11 is 1.82. The van der Waals surface area contributed by atoms with Crippen LogP contribution in [0.1, 0.15) is 60.6 Å². The van der Waals surface area contributed by atoms with Gasteiger partial charge in [-0.15, -0.1) is 11.8 Å². The van der Waals surface area contributed by atoms with E-state index in [1.807, 2.05) is 28.9 Å². The predicted octanol–water partition coefficient (Wildman–Crippen LogP) is 3.43. The van der Waals surface area contributed by atoms with Gasteiger partial charge in [-0.05, 0) is 44.6 Å². The first-order valence-electron chi connectivity index (χ1n) is 8.97. The fourth-order valence-corrected chi connectivity index (χ4v) is 4.57. The van der Waals surface area contributed by atoms with Crippen molar-refractivity contribution in [2.24, 2.45) is 5.92 Å². The maximum absolute atomic E-state index is 13.0. The van der Waals surface area contributed by atoms with Crippen LogP contribution in [0.5, 0.6) is 0 Å². The van der Waals surface area contributed by atoms with E-state index in [1.165, 1.54) is 25.7 Å². The Balaban J connectivity index is 1.63. The lowest BCUT2D eigenvalue weighted by molar-refractivity contribution is 0.0804. The molecule has 0 unspecified atom stereocenters.